The predicted molar refractivity (Wildman–Crippen MR) is 64.2 cm³/mol. The molecular weight excluding hydrogens is 226 g/mol. The van der Waals surface area contributed by atoms with Crippen LogP contribution in [0.1, 0.15) is 18.4 Å². The summed E-state index contributed by atoms with van der Waals surface area (Å²) < 4.78 is 5.13. The van der Waals surface area contributed by atoms with E-state index in [1.165, 1.54) is 19.2 Å². The Morgan fingerprint density at radius 3 is 2.94 bits per heavy atom. The molecule has 1 aromatic heterocycles. The molecule has 1 saturated carbocycles. The smallest absolute Gasteiger partial charge is 0.221 e. The summed E-state index contributed by atoms with van der Waals surface area (Å²) in [6.45, 7) is 2.68. The van der Waals surface area contributed by atoms with Crippen molar-refractivity contribution in [2.45, 2.75) is 25.1 Å². The first-order valence-electron chi connectivity index (χ1n) is 5.46. The minimum absolute atomic E-state index is 0.195. The second kappa shape index (κ2) is 4.87. The molecule has 0 saturated heterocycles. The molecule has 4 nitrogen and oxygen atoms in total. The van der Waals surface area contributed by atoms with Crippen molar-refractivity contribution in [3.8, 4) is 5.88 Å². The molecule has 1 aliphatic rings. The minimum Gasteiger partial charge on any atom is -0.481 e. The van der Waals surface area contributed by atoms with Crippen molar-refractivity contribution in [3.63, 3.8) is 0 Å². The number of nitrogens with one attached hydrogen (secondary N) is 1. The van der Waals surface area contributed by atoms with Crippen molar-refractivity contribution in [2.75, 3.05) is 19.0 Å². The number of hydrogen-bond acceptors (Lipinski definition) is 4. The molecule has 0 radical (unpaired) electrons. The molecule has 0 aromatic carbocycles. The third kappa shape index (κ3) is 2.55. The summed E-state index contributed by atoms with van der Waals surface area (Å²) in [5.41, 5.74) is 0.921. The van der Waals surface area contributed by atoms with Gasteiger partial charge in [0.2, 0.25) is 5.88 Å². The summed E-state index contributed by atoms with van der Waals surface area (Å²) in [4.78, 5) is 8.20. The van der Waals surface area contributed by atoms with Gasteiger partial charge in [-0.25, -0.2) is 9.97 Å². The molecule has 0 spiro atoms. The molecule has 1 atom stereocenters. The van der Waals surface area contributed by atoms with E-state index in [1.54, 1.807) is 7.11 Å². The summed E-state index contributed by atoms with van der Waals surface area (Å²) in [6, 6.07) is 0. The summed E-state index contributed by atoms with van der Waals surface area (Å²) in [7, 11) is 1.60. The Labute approximate surface area is 100 Å². The lowest BCUT2D eigenvalue weighted by molar-refractivity contribution is 0.393. The molecule has 1 unspecified atom stereocenters. The molecule has 16 heavy (non-hydrogen) atoms. The van der Waals surface area contributed by atoms with Crippen LogP contribution in [0.3, 0.4) is 0 Å². The molecule has 0 bridgehead atoms. The third-order valence-corrected chi connectivity index (χ3v) is 3.34. The largest absolute Gasteiger partial charge is 0.481 e. The van der Waals surface area contributed by atoms with Crippen LogP contribution in [-0.4, -0.2) is 29.0 Å². The normalized spacial score (nSPS) is 16.9. The summed E-state index contributed by atoms with van der Waals surface area (Å²) in [6.07, 6.45) is 4.00. The van der Waals surface area contributed by atoms with Gasteiger partial charge in [0.1, 0.15) is 12.1 Å². The summed E-state index contributed by atoms with van der Waals surface area (Å²) >= 11 is 6.22. The number of aromatic nitrogens is 2. The van der Waals surface area contributed by atoms with Crippen molar-refractivity contribution in [2.24, 2.45) is 5.92 Å². The molecule has 88 valence electrons. The highest BCUT2D eigenvalue weighted by Crippen LogP contribution is 2.35. The number of alkyl halides is 1. The SMILES string of the molecule is COc1ncnc(NCC(Cl)C2CC2)c1C. The first-order valence-corrected chi connectivity index (χ1v) is 5.89. The van der Waals surface area contributed by atoms with Gasteiger partial charge < -0.3 is 10.1 Å². The Morgan fingerprint density at radius 2 is 2.31 bits per heavy atom. The first-order chi connectivity index (χ1) is 7.72. The van der Waals surface area contributed by atoms with E-state index >= 15 is 0 Å². The minimum atomic E-state index is 0.195. The van der Waals surface area contributed by atoms with E-state index in [0.717, 1.165) is 17.9 Å². The van der Waals surface area contributed by atoms with Gasteiger partial charge in [0, 0.05) is 6.54 Å². The molecule has 0 amide bonds. The number of anilines is 1. The number of hydrogen-bond donors (Lipinski definition) is 1. The highest BCUT2D eigenvalue weighted by Gasteiger charge is 2.29. The first kappa shape index (κ1) is 11.5. The zero-order valence-electron chi connectivity index (χ0n) is 9.53. The number of methoxy groups -OCH3 is 1. The number of rotatable bonds is 5. The number of ether oxygens (including phenoxy) is 1. The average Bonchev–Trinajstić information content (AvgIpc) is 3.11. The van der Waals surface area contributed by atoms with Crippen molar-refractivity contribution in [1.82, 2.24) is 9.97 Å². The molecule has 5 heteroatoms. The molecule has 2 rings (SSSR count). The molecule has 1 fully saturated rings. The second-order valence-electron chi connectivity index (χ2n) is 4.09. The highest BCUT2D eigenvalue weighted by atomic mass is 35.5. The van der Waals surface area contributed by atoms with Gasteiger partial charge in [-0.2, -0.15) is 0 Å². The predicted octanol–water partition coefficient (Wildman–Crippen LogP) is 2.22. The van der Waals surface area contributed by atoms with E-state index in [1.807, 2.05) is 6.92 Å². The van der Waals surface area contributed by atoms with E-state index in [9.17, 15) is 0 Å². The Kier molecular flexibility index (Phi) is 3.49. The maximum absolute atomic E-state index is 6.22. The van der Waals surface area contributed by atoms with E-state index in [4.69, 9.17) is 16.3 Å². The second-order valence-corrected chi connectivity index (χ2v) is 4.65. The molecule has 1 aromatic rings. The van der Waals surface area contributed by atoms with Gasteiger partial charge in [-0.05, 0) is 25.7 Å². The van der Waals surface area contributed by atoms with Crippen LogP contribution < -0.4 is 10.1 Å². The topological polar surface area (TPSA) is 47.0 Å². The van der Waals surface area contributed by atoms with Gasteiger partial charge in [0.05, 0.1) is 18.1 Å². The van der Waals surface area contributed by atoms with Gasteiger partial charge in [0.25, 0.3) is 0 Å². The molecule has 1 N–H and O–H groups in total. The Morgan fingerprint density at radius 1 is 1.56 bits per heavy atom. The molecule has 0 aliphatic heterocycles. The Balaban J connectivity index is 1.97. The van der Waals surface area contributed by atoms with Crippen LogP contribution in [0.2, 0.25) is 0 Å². The van der Waals surface area contributed by atoms with Crippen molar-refractivity contribution in [1.29, 1.82) is 0 Å². The van der Waals surface area contributed by atoms with Crippen LogP contribution in [-0.2, 0) is 0 Å². The molecular formula is C11H16ClN3O. The van der Waals surface area contributed by atoms with Crippen LogP contribution in [0.25, 0.3) is 0 Å². The van der Waals surface area contributed by atoms with Crippen molar-refractivity contribution in [3.05, 3.63) is 11.9 Å². The van der Waals surface area contributed by atoms with Crippen molar-refractivity contribution >= 4 is 17.4 Å². The number of halogens is 1. The van der Waals surface area contributed by atoms with Crippen LogP contribution in [0.4, 0.5) is 5.82 Å². The van der Waals surface area contributed by atoms with E-state index in [-0.39, 0.29) is 5.38 Å². The van der Waals surface area contributed by atoms with Crippen molar-refractivity contribution < 1.29 is 4.74 Å². The maximum atomic E-state index is 6.22. The van der Waals surface area contributed by atoms with Gasteiger partial charge in [0.15, 0.2) is 0 Å². The molecule has 1 aliphatic carbocycles. The lowest BCUT2D eigenvalue weighted by Crippen LogP contribution is -2.17. The lowest BCUT2D eigenvalue weighted by atomic mass is 10.2. The van der Waals surface area contributed by atoms with Gasteiger partial charge in [-0.3, -0.25) is 0 Å². The fraction of sp³-hybridized carbons (Fsp3) is 0.636. The van der Waals surface area contributed by atoms with E-state index in [2.05, 4.69) is 15.3 Å². The van der Waals surface area contributed by atoms with Crippen LogP contribution in [0.5, 0.6) is 5.88 Å². The van der Waals surface area contributed by atoms with E-state index in [0.29, 0.717) is 11.8 Å². The van der Waals surface area contributed by atoms with E-state index < -0.39 is 0 Å². The van der Waals surface area contributed by atoms with Crippen LogP contribution >= 0.6 is 11.6 Å². The third-order valence-electron chi connectivity index (χ3n) is 2.83. The fourth-order valence-corrected chi connectivity index (χ4v) is 1.97. The Hall–Kier alpha value is -1.03. The van der Waals surface area contributed by atoms with Crippen LogP contribution in [0.15, 0.2) is 6.33 Å². The molecule has 1 heterocycles. The number of nitrogens with zero attached hydrogens (tertiary/aromatic N) is 2. The summed E-state index contributed by atoms with van der Waals surface area (Å²) in [5.74, 6) is 2.09. The van der Waals surface area contributed by atoms with Gasteiger partial charge >= 0.3 is 0 Å². The van der Waals surface area contributed by atoms with Gasteiger partial charge in [-0.15, -0.1) is 11.6 Å². The fourth-order valence-electron chi connectivity index (χ4n) is 1.64. The highest BCUT2D eigenvalue weighted by molar-refractivity contribution is 6.21. The standard InChI is InChI=1S/C11H16ClN3O/c1-7-10(14-6-15-11(7)16-2)13-5-9(12)8-3-4-8/h6,8-9H,3-5H2,1-2H3,(H,13,14,15). The zero-order valence-corrected chi connectivity index (χ0v) is 10.3. The monoisotopic (exact) mass is 241 g/mol. The summed E-state index contributed by atoms with van der Waals surface area (Å²) in [5, 5.41) is 3.44. The maximum Gasteiger partial charge on any atom is 0.221 e. The van der Waals surface area contributed by atoms with Crippen LogP contribution in [0, 0.1) is 12.8 Å². The van der Waals surface area contributed by atoms with Gasteiger partial charge in [-0.1, -0.05) is 0 Å². The Bertz CT molecular complexity index is 368. The quantitative estimate of drug-likeness (QED) is 0.803. The average molecular weight is 242 g/mol. The lowest BCUT2D eigenvalue weighted by Gasteiger charge is -2.12. The zero-order chi connectivity index (χ0) is 11.5.